The molecule has 0 aliphatic rings. The number of carbonyl (C=O) groups is 1. The minimum Gasteiger partial charge on any atom is -0.494 e. The van der Waals surface area contributed by atoms with Crippen molar-refractivity contribution in [3.8, 4) is 5.75 Å². The van der Waals surface area contributed by atoms with E-state index in [-0.39, 0.29) is 5.56 Å². The lowest BCUT2D eigenvalue weighted by atomic mass is 10.2. The van der Waals surface area contributed by atoms with E-state index >= 15 is 0 Å². The molecule has 1 amide bonds. The first-order valence-electron chi connectivity index (χ1n) is 9.49. The highest BCUT2D eigenvalue weighted by atomic mass is 32.1. The molecule has 0 bridgehead atoms. The Morgan fingerprint density at radius 1 is 1.17 bits per heavy atom. The van der Waals surface area contributed by atoms with Crippen molar-refractivity contribution in [3.05, 3.63) is 69.3 Å². The van der Waals surface area contributed by atoms with Crippen molar-refractivity contribution < 1.29 is 13.9 Å². The summed E-state index contributed by atoms with van der Waals surface area (Å²) in [6, 6.07) is 14.5. The number of carbonyl (C=O) groups excluding carboxylic acids is 1. The second-order valence-electron chi connectivity index (χ2n) is 6.50. The van der Waals surface area contributed by atoms with Crippen LogP contribution in [-0.4, -0.2) is 17.1 Å². The molecule has 0 fully saturated rings. The Labute approximate surface area is 170 Å². The number of para-hydroxylation sites is 1. The van der Waals surface area contributed by atoms with Gasteiger partial charge in [0.1, 0.15) is 16.9 Å². The number of amides is 1. The Bertz CT molecular complexity index is 1330. The third-order valence-corrected chi connectivity index (χ3v) is 5.52. The lowest BCUT2D eigenvalue weighted by Crippen LogP contribution is -2.19. The maximum atomic E-state index is 12.8. The van der Waals surface area contributed by atoms with Crippen molar-refractivity contribution in [1.82, 2.24) is 4.57 Å². The Kier molecular flexibility index (Phi) is 5.31. The number of rotatable bonds is 5. The Hall–Kier alpha value is -3.19. The molecule has 4 aromatic rings. The summed E-state index contributed by atoms with van der Waals surface area (Å²) in [6.07, 6.45) is 0.887. The van der Waals surface area contributed by atoms with Gasteiger partial charge in [-0.3, -0.25) is 4.79 Å². The van der Waals surface area contributed by atoms with E-state index in [1.54, 1.807) is 18.2 Å². The van der Waals surface area contributed by atoms with Crippen LogP contribution in [0.15, 0.2) is 62.7 Å². The fourth-order valence-electron chi connectivity index (χ4n) is 3.19. The van der Waals surface area contributed by atoms with Gasteiger partial charge in [-0.1, -0.05) is 36.5 Å². The molecule has 0 aliphatic carbocycles. The van der Waals surface area contributed by atoms with Gasteiger partial charge in [0, 0.05) is 11.9 Å². The third kappa shape index (κ3) is 3.73. The summed E-state index contributed by atoms with van der Waals surface area (Å²) in [4.78, 5) is 29.9. The monoisotopic (exact) mass is 408 g/mol. The molecular formula is C22H20N2O4S. The fraction of sp³-hybridized carbons (Fsp3) is 0.227. The Morgan fingerprint density at radius 3 is 2.79 bits per heavy atom. The van der Waals surface area contributed by atoms with Gasteiger partial charge in [0.2, 0.25) is 0 Å². The smallest absolute Gasteiger partial charge is 0.349 e. The average molecular weight is 408 g/mol. The molecule has 2 aromatic carbocycles. The van der Waals surface area contributed by atoms with Gasteiger partial charge >= 0.3 is 5.63 Å². The van der Waals surface area contributed by atoms with E-state index in [0.717, 1.165) is 22.4 Å². The molecular weight excluding hydrogens is 388 g/mol. The van der Waals surface area contributed by atoms with Gasteiger partial charge in [0.15, 0.2) is 4.80 Å². The van der Waals surface area contributed by atoms with E-state index in [0.29, 0.717) is 28.9 Å². The van der Waals surface area contributed by atoms with Crippen LogP contribution in [0.2, 0.25) is 0 Å². The first-order chi connectivity index (χ1) is 14.1. The normalized spacial score (nSPS) is 12.0. The molecule has 6 nitrogen and oxygen atoms in total. The molecule has 0 atom stereocenters. The largest absolute Gasteiger partial charge is 0.494 e. The van der Waals surface area contributed by atoms with Crippen molar-refractivity contribution in [3.63, 3.8) is 0 Å². The van der Waals surface area contributed by atoms with Crippen LogP contribution in [0, 0.1) is 0 Å². The molecule has 0 saturated carbocycles. The maximum absolute atomic E-state index is 12.8. The van der Waals surface area contributed by atoms with E-state index in [4.69, 9.17) is 9.15 Å². The molecule has 2 heterocycles. The first-order valence-corrected chi connectivity index (χ1v) is 10.3. The minimum atomic E-state index is -0.681. The number of ether oxygens (including phenoxy) is 1. The van der Waals surface area contributed by atoms with Crippen LogP contribution in [0.4, 0.5) is 0 Å². The molecule has 0 N–H and O–H groups in total. The number of hydrogen-bond acceptors (Lipinski definition) is 5. The van der Waals surface area contributed by atoms with Gasteiger partial charge in [0.25, 0.3) is 5.91 Å². The van der Waals surface area contributed by atoms with Crippen molar-refractivity contribution in [1.29, 1.82) is 0 Å². The Balaban J connectivity index is 1.84. The highest BCUT2D eigenvalue weighted by molar-refractivity contribution is 7.16. The molecule has 0 aliphatic heterocycles. The number of aryl methyl sites for hydroxylation is 1. The summed E-state index contributed by atoms with van der Waals surface area (Å²) in [5.41, 5.74) is 0.677. The van der Waals surface area contributed by atoms with Gasteiger partial charge < -0.3 is 13.7 Å². The summed E-state index contributed by atoms with van der Waals surface area (Å²) in [5, 5.41) is 0.685. The maximum Gasteiger partial charge on any atom is 0.349 e. The highest BCUT2D eigenvalue weighted by Crippen LogP contribution is 2.24. The van der Waals surface area contributed by atoms with Crippen molar-refractivity contribution in [2.45, 2.75) is 26.8 Å². The molecule has 4 rings (SSSR count). The number of aromatic nitrogens is 1. The number of benzene rings is 2. The van der Waals surface area contributed by atoms with Crippen LogP contribution >= 0.6 is 11.3 Å². The van der Waals surface area contributed by atoms with Crippen LogP contribution in [0.3, 0.4) is 0 Å². The summed E-state index contributed by atoms with van der Waals surface area (Å²) in [7, 11) is 0. The molecule has 0 spiro atoms. The van der Waals surface area contributed by atoms with Crippen LogP contribution < -0.4 is 15.2 Å². The predicted molar refractivity (Wildman–Crippen MR) is 114 cm³/mol. The third-order valence-electron chi connectivity index (χ3n) is 4.48. The number of thiazole rings is 1. The van der Waals surface area contributed by atoms with Crippen molar-refractivity contribution >= 4 is 38.4 Å². The number of fused-ring (bicyclic) bond motifs is 2. The van der Waals surface area contributed by atoms with E-state index in [1.807, 2.05) is 35.8 Å². The number of nitrogens with zero attached hydrogens (tertiary/aromatic N) is 2. The van der Waals surface area contributed by atoms with Gasteiger partial charge in [-0.25, -0.2) is 4.79 Å². The summed E-state index contributed by atoms with van der Waals surface area (Å²) in [5.74, 6) is 0.170. The van der Waals surface area contributed by atoms with Gasteiger partial charge in [-0.05, 0) is 43.7 Å². The molecule has 0 radical (unpaired) electrons. The topological polar surface area (TPSA) is 73.8 Å². The second kappa shape index (κ2) is 8.05. The van der Waals surface area contributed by atoms with Gasteiger partial charge in [-0.2, -0.15) is 4.99 Å². The highest BCUT2D eigenvalue weighted by Gasteiger charge is 2.15. The van der Waals surface area contributed by atoms with E-state index < -0.39 is 11.5 Å². The predicted octanol–water partition coefficient (Wildman–Crippen LogP) is 4.36. The van der Waals surface area contributed by atoms with Gasteiger partial charge in [0.05, 0.1) is 16.8 Å². The zero-order chi connectivity index (χ0) is 20.4. The molecule has 2 aromatic heterocycles. The SMILES string of the molecule is CCCn1c(=NC(=O)c2cc3ccccc3oc2=O)sc2cc(OCC)ccc21. The van der Waals surface area contributed by atoms with Gasteiger partial charge in [-0.15, -0.1) is 0 Å². The standard InChI is InChI=1S/C22H20N2O4S/c1-3-11-24-17-10-9-15(27-4-2)13-19(17)29-22(24)23-20(25)16-12-14-7-5-6-8-18(14)28-21(16)26/h5-10,12-13H,3-4,11H2,1-2H3. The quantitative estimate of drug-likeness (QED) is 0.460. The van der Waals surface area contributed by atoms with E-state index in [1.165, 1.54) is 17.4 Å². The molecule has 148 valence electrons. The molecule has 0 saturated heterocycles. The summed E-state index contributed by atoms with van der Waals surface area (Å²) < 4.78 is 13.8. The second-order valence-corrected chi connectivity index (χ2v) is 7.51. The molecule has 29 heavy (non-hydrogen) atoms. The summed E-state index contributed by atoms with van der Waals surface area (Å²) in [6.45, 7) is 5.30. The molecule has 7 heteroatoms. The van der Waals surface area contributed by atoms with Crippen LogP contribution in [-0.2, 0) is 6.54 Å². The zero-order valence-electron chi connectivity index (χ0n) is 16.2. The lowest BCUT2D eigenvalue weighted by molar-refractivity contribution is 0.0994. The van der Waals surface area contributed by atoms with Crippen molar-refractivity contribution in [2.24, 2.45) is 4.99 Å². The van der Waals surface area contributed by atoms with Crippen LogP contribution in [0.5, 0.6) is 5.75 Å². The Morgan fingerprint density at radius 2 is 2.00 bits per heavy atom. The fourth-order valence-corrected chi connectivity index (χ4v) is 4.28. The average Bonchev–Trinajstić information content (AvgIpc) is 3.04. The summed E-state index contributed by atoms with van der Waals surface area (Å²) >= 11 is 1.40. The minimum absolute atomic E-state index is 0.0702. The zero-order valence-corrected chi connectivity index (χ0v) is 17.0. The van der Waals surface area contributed by atoms with Crippen LogP contribution in [0.25, 0.3) is 21.2 Å². The van der Waals surface area contributed by atoms with E-state index in [9.17, 15) is 9.59 Å². The first kappa shape index (κ1) is 19.1. The molecule has 0 unspecified atom stereocenters. The van der Waals surface area contributed by atoms with Crippen molar-refractivity contribution in [2.75, 3.05) is 6.61 Å². The van der Waals surface area contributed by atoms with E-state index in [2.05, 4.69) is 11.9 Å². The van der Waals surface area contributed by atoms with Crippen LogP contribution in [0.1, 0.15) is 30.6 Å². The lowest BCUT2D eigenvalue weighted by Gasteiger charge is -2.05. The number of hydrogen-bond donors (Lipinski definition) is 0.